The van der Waals surface area contributed by atoms with Crippen molar-refractivity contribution in [2.75, 3.05) is 0 Å². The fourth-order valence-corrected chi connectivity index (χ4v) is 3.89. The maximum atomic E-state index is 4.87. The van der Waals surface area contributed by atoms with E-state index in [1.807, 2.05) is 0 Å². The van der Waals surface area contributed by atoms with Crippen LogP contribution in [0.3, 0.4) is 0 Å². The van der Waals surface area contributed by atoms with Gasteiger partial charge < -0.3 is 0 Å². The summed E-state index contributed by atoms with van der Waals surface area (Å²) in [6, 6.07) is 15.4. The smallest absolute Gasteiger partial charge is 0.145 e. The van der Waals surface area contributed by atoms with E-state index in [0.717, 1.165) is 11.3 Å². The van der Waals surface area contributed by atoms with Crippen LogP contribution in [0.1, 0.15) is 28.1 Å². The van der Waals surface area contributed by atoms with Gasteiger partial charge in [0, 0.05) is 16.6 Å². The van der Waals surface area contributed by atoms with Crippen molar-refractivity contribution in [2.45, 2.75) is 34.6 Å². The average Bonchev–Trinajstić information content (AvgIpc) is 2.82. The molecule has 4 rings (SSSR count). The van der Waals surface area contributed by atoms with Gasteiger partial charge in [-0.2, -0.15) is 0 Å². The van der Waals surface area contributed by atoms with Crippen molar-refractivity contribution in [3.63, 3.8) is 0 Å². The van der Waals surface area contributed by atoms with E-state index in [9.17, 15) is 0 Å². The highest BCUT2D eigenvalue weighted by molar-refractivity contribution is 5.97. The molecule has 4 aromatic rings. The molecule has 0 saturated carbocycles. The molecule has 2 heterocycles. The van der Waals surface area contributed by atoms with Crippen molar-refractivity contribution in [1.29, 1.82) is 0 Å². The summed E-state index contributed by atoms with van der Waals surface area (Å²) in [5, 5.41) is 2.45. The molecule has 0 amide bonds. The number of rotatable bonds is 1. The van der Waals surface area contributed by atoms with E-state index in [0.29, 0.717) is 0 Å². The highest BCUT2D eigenvalue weighted by Gasteiger charge is 2.16. The lowest BCUT2D eigenvalue weighted by Gasteiger charge is -2.16. The highest BCUT2D eigenvalue weighted by Crippen LogP contribution is 2.34. The summed E-state index contributed by atoms with van der Waals surface area (Å²) in [7, 11) is 0. The summed E-state index contributed by atoms with van der Waals surface area (Å²) in [6.45, 7) is 10.8. The van der Waals surface area contributed by atoms with Crippen molar-refractivity contribution >= 4 is 16.4 Å². The number of nitrogens with zero attached hydrogens (tertiary/aromatic N) is 2. The zero-order valence-corrected chi connectivity index (χ0v) is 14.9. The van der Waals surface area contributed by atoms with Crippen LogP contribution in [0.15, 0.2) is 42.5 Å². The zero-order valence-electron chi connectivity index (χ0n) is 14.9. The number of benzene rings is 2. The molecule has 0 bridgehead atoms. The van der Waals surface area contributed by atoms with Crippen molar-refractivity contribution in [3.05, 3.63) is 70.5 Å². The lowest BCUT2D eigenvalue weighted by molar-refractivity contribution is 1.10. The van der Waals surface area contributed by atoms with Crippen LogP contribution in [0.4, 0.5) is 0 Å². The highest BCUT2D eigenvalue weighted by atomic mass is 15.0. The summed E-state index contributed by atoms with van der Waals surface area (Å²) in [6.07, 6.45) is 0. The second-order valence-corrected chi connectivity index (χ2v) is 6.83. The van der Waals surface area contributed by atoms with E-state index < -0.39 is 0 Å². The van der Waals surface area contributed by atoms with Crippen LogP contribution in [0.2, 0.25) is 0 Å². The molecular formula is C22H22N2. The maximum Gasteiger partial charge on any atom is 0.145 e. The maximum absolute atomic E-state index is 4.87. The minimum Gasteiger partial charge on any atom is -0.296 e. The minimum absolute atomic E-state index is 1.05. The van der Waals surface area contributed by atoms with E-state index in [1.165, 1.54) is 44.4 Å². The fourth-order valence-electron chi connectivity index (χ4n) is 3.89. The van der Waals surface area contributed by atoms with Crippen molar-refractivity contribution < 1.29 is 0 Å². The molecule has 0 aliphatic heterocycles. The fraction of sp³-hybridized carbons (Fsp3) is 0.227. The summed E-state index contributed by atoms with van der Waals surface area (Å²) in [4.78, 5) is 4.87. The Balaban J connectivity index is 2.23. The normalized spacial score (nSPS) is 11.5. The van der Waals surface area contributed by atoms with Gasteiger partial charge in [-0.05, 0) is 57.2 Å². The molecule has 2 nitrogen and oxygen atoms in total. The summed E-state index contributed by atoms with van der Waals surface area (Å²) >= 11 is 0. The second kappa shape index (κ2) is 5.20. The number of aromatic nitrogens is 2. The van der Waals surface area contributed by atoms with Crippen LogP contribution in [0.5, 0.6) is 0 Å². The van der Waals surface area contributed by atoms with E-state index in [4.69, 9.17) is 4.98 Å². The van der Waals surface area contributed by atoms with Gasteiger partial charge in [0.2, 0.25) is 0 Å². The minimum atomic E-state index is 1.05. The van der Waals surface area contributed by atoms with Crippen molar-refractivity contribution in [2.24, 2.45) is 0 Å². The van der Waals surface area contributed by atoms with Gasteiger partial charge in [-0.1, -0.05) is 42.0 Å². The molecule has 2 aromatic heterocycles. The van der Waals surface area contributed by atoms with E-state index in [2.05, 4.69) is 81.5 Å². The van der Waals surface area contributed by atoms with Crippen molar-refractivity contribution in [3.8, 4) is 11.3 Å². The Hall–Kier alpha value is -2.61. The third kappa shape index (κ3) is 2.06. The molecule has 0 saturated heterocycles. The van der Waals surface area contributed by atoms with Crippen LogP contribution in [0, 0.1) is 34.6 Å². The summed E-state index contributed by atoms with van der Waals surface area (Å²) < 4.78 is 2.32. The Kier molecular flexibility index (Phi) is 3.24. The number of imidazole rings is 1. The Morgan fingerprint density at radius 1 is 0.833 bits per heavy atom. The number of pyridine rings is 1. The molecule has 0 radical (unpaired) electrons. The Morgan fingerprint density at radius 3 is 2.21 bits per heavy atom. The van der Waals surface area contributed by atoms with Gasteiger partial charge in [0.25, 0.3) is 0 Å². The average molecular weight is 314 g/mol. The molecule has 2 aromatic carbocycles. The first-order valence-electron chi connectivity index (χ1n) is 8.43. The quantitative estimate of drug-likeness (QED) is 0.441. The molecule has 0 spiro atoms. The third-order valence-electron chi connectivity index (χ3n) is 5.01. The Bertz CT molecular complexity index is 1080. The molecule has 0 unspecified atom stereocenters. The molecule has 120 valence electrons. The number of fused-ring (bicyclic) bond motifs is 3. The van der Waals surface area contributed by atoms with Gasteiger partial charge in [0.15, 0.2) is 0 Å². The number of aryl methyl sites for hydroxylation is 5. The van der Waals surface area contributed by atoms with E-state index in [1.54, 1.807) is 0 Å². The van der Waals surface area contributed by atoms with Crippen LogP contribution in [-0.2, 0) is 0 Å². The van der Waals surface area contributed by atoms with Gasteiger partial charge >= 0.3 is 0 Å². The van der Waals surface area contributed by atoms with E-state index >= 15 is 0 Å². The molecule has 0 aliphatic carbocycles. The number of hydrogen-bond donors (Lipinski definition) is 0. The predicted molar refractivity (Wildman–Crippen MR) is 102 cm³/mol. The SMILES string of the molecule is Cc1cc(C)c(-c2cc3ccccc3c3nc(C)c(C)n23)c(C)c1. The van der Waals surface area contributed by atoms with Crippen LogP contribution < -0.4 is 0 Å². The Morgan fingerprint density at radius 2 is 1.50 bits per heavy atom. The standard InChI is InChI=1S/C22H22N2/c1-13-10-14(2)21(15(3)11-13)20-12-18-8-6-7-9-19(18)22-23-16(4)17(5)24(20)22/h6-12H,1-5H3. The molecule has 0 atom stereocenters. The molecule has 24 heavy (non-hydrogen) atoms. The lowest BCUT2D eigenvalue weighted by atomic mass is 9.95. The van der Waals surface area contributed by atoms with Crippen LogP contribution >= 0.6 is 0 Å². The monoisotopic (exact) mass is 314 g/mol. The lowest BCUT2D eigenvalue weighted by Crippen LogP contribution is -1.99. The zero-order chi connectivity index (χ0) is 17.0. The van der Waals surface area contributed by atoms with E-state index in [-0.39, 0.29) is 0 Å². The van der Waals surface area contributed by atoms with Crippen molar-refractivity contribution in [1.82, 2.24) is 9.38 Å². The first-order chi connectivity index (χ1) is 11.5. The van der Waals surface area contributed by atoms with Gasteiger partial charge in [-0.3, -0.25) is 4.40 Å². The predicted octanol–water partition coefficient (Wildman–Crippen LogP) is 5.70. The number of hydrogen-bond acceptors (Lipinski definition) is 1. The Labute approximate surface area is 142 Å². The summed E-state index contributed by atoms with van der Waals surface area (Å²) in [5.74, 6) is 0. The summed E-state index contributed by atoms with van der Waals surface area (Å²) in [5.41, 5.74) is 9.85. The molecule has 0 N–H and O–H groups in total. The first-order valence-corrected chi connectivity index (χ1v) is 8.43. The van der Waals surface area contributed by atoms with Gasteiger partial charge in [0.05, 0.1) is 11.4 Å². The first kappa shape index (κ1) is 14.9. The van der Waals surface area contributed by atoms with Gasteiger partial charge in [-0.25, -0.2) is 4.98 Å². The second-order valence-electron chi connectivity index (χ2n) is 6.83. The van der Waals surface area contributed by atoms with Crippen LogP contribution in [-0.4, -0.2) is 9.38 Å². The third-order valence-corrected chi connectivity index (χ3v) is 5.01. The topological polar surface area (TPSA) is 17.3 Å². The molecule has 2 heteroatoms. The van der Waals surface area contributed by atoms with Gasteiger partial charge in [0.1, 0.15) is 5.65 Å². The molecular weight excluding hydrogens is 292 g/mol. The molecule has 0 fully saturated rings. The largest absolute Gasteiger partial charge is 0.296 e. The molecule has 0 aliphatic rings. The van der Waals surface area contributed by atoms with Crippen LogP contribution in [0.25, 0.3) is 27.7 Å². The van der Waals surface area contributed by atoms with Gasteiger partial charge in [-0.15, -0.1) is 0 Å².